The monoisotopic (exact) mass is 682 g/mol. The molecule has 10 heteroatoms. The molecule has 7 N–H and O–H groups in total. The number of ether oxygens (including phenoxy) is 2. The van der Waals surface area contributed by atoms with Crippen LogP contribution in [0.2, 0.25) is 0 Å². The van der Waals surface area contributed by atoms with Gasteiger partial charge in [0.05, 0.1) is 19.8 Å². The number of anilines is 1. The maximum Gasteiger partial charge on any atom is 0.200 e. The van der Waals surface area contributed by atoms with Gasteiger partial charge in [-0.05, 0) is 114 Å². The lowest BCUT2D eigenvalue weighted by atomic mass is 9.84. The van der Waals surface area contributed by atoms with Crippen LogP contribution in [0.5, 0.6) is 34.5 Å². The Hall–Kier alpha value is -5.35. The number of phenols is 4. The molecule has 1 aliphatic rings. The fraction of sp³-hybridized carbons (Fsp3) is 0.325. The Morgan fingerprint density at radius 3 is 2.42 bits per heavy atom. The fourth-order valence-electron chi connectivity index (χ4n) is 6.00. The first-order chi connectivity index (χ1) is 24.0. The lowest BCUT2D eigenvalue weighted by molar-refractivity contribution is -0.126. The fourth-order valence-corrected chi connectivity index (χ4v) is 6.00. The number of aliphatic hydroxyl groups excluding tert-OH is 1. The lowest BCUT2D eigenvalue weighted by Gasteiger charge is -2.25. The predicted molar refractivity (Wildman–Crippen MR) is 194 cm³/mol. The maximum atomic E-state index is 13.9. The summed E-state index contributed by atoms with van der Waals surface area (Å²) in [6, 6.07) is 19.2. The number of hydrogen-bond acceptors (Lipinski definition) is 10. The Bertz CT molecular complexity index is 1880. The van der Waals surface area contributed by atoms with Gasteiger partial charge in [-0.3, -0.25) is 4.79 Å². The normalized spacial score (nSPS) is 14.0. The molecule has 2 atom stereocenters. The van der Waals surface area contributed by atoms with E-state index in [-0.39, 0.29) is 53.3 Å². The maximum absolute atomic E-state index is 13.9. The number of dihydropyridines is 1. The minimum absolute atomic E-state index is 0.0277. The molecule has 0 aromatic heterocycles. The summed E-state index contributed by atoms with van der Waals surface area (Å²) in [5.41, 5.74) is 3.24. The molecule has 264 valence electrons. The minimum atomic E-state index is -0.960. The molecule has 0 bridgehead atoms. The summed E-state index contributed by atoms with van der Waals surface area (Å²) in [4.78, 5) is 13.9. The number of benzene rings is 4. The first kappa shape index (κ1) is 35.9. The Labute approximate surface area is 292 Å². The second-order valence-electron chi connectivity index (χ2n) is 13.1. The SMILES string of the molecule is COc1cc(CC[C@@H](O)[C@@H](CC2=CCNC(Nc3ccc4cc(O)ccc4c3)=C2)C(=O)CCc2cc(O)c(O)c(OCC(C)C)c2)ccc1O. The van der Waals surface area contributed by atoms with E-state index in [9.17, 15) is 30.3 Å². The number of rotatable bonds is 16. The Morgan fingerprint density at radius 1 is 0.880 bits per heavy atom. The van der Waals surface area contributed by atoms with E-state index in [1.807, 2.05) is 50.3 Å². The Morgan fingerprint density at radius 2 is 1.64 bits per heavy atom. The van der Waals surface area contributed by atoms with E-state index >= 15 is 0 Å². The number of methoxy groups -OCH3 is 1. The molecule has 4 aromatic carbocycles. The van der Waals surface area contributed by atoms with Crippen molar-refractivity contribution in [1.29, 1.82) is 0 Å². The van der Waals surface area contributed by atoms with Crippen molar-refractivity contribution in [3.8, 4) is 34.5 Å². The van der Waals surface area contributed by atoms with Gasteiger partial charge in [-0.15, -0.1) is 0 Å². The van der Waals surface area contributed by atoms with Gasteiger partial charge in [0.25, 0.3) is 0 Å². The molecule has 0 unspecified atom stereocenters. The molecule has 50 heavy (non-hydrogen) atoms. The molecule has 0 amide bonds. The molecule has 10 nitrogen and oxygen atoms in total. The van der Waals surface area contributed by atoms with Gasteiger partial charge in [0.15, 0.2) is 23.0 Å². The van der Waals surface area contributed by atoms with Gasteiger partial charge in [-0.2, -0.15) is 0 Å². The molecule has 1 heterocycles. The molecule has 4 aromatic rings. The van der Waals surface area contributed by atoms with Gasteiger partial charge in [-0.1, -0.05) is 38.1 Å². The van der Waals surface area contributed by atoms with Crippen LogP contribution in [0.4, 0.5) is 5.69 Å². The molecular formula is C40H46N2O8. The molecule has 0 saturated carbocycles. The molecule has 0 radical (unpaired) electrons. The number of carbonyl (C=O) groups excluding carboxylic acids is 1. The molecule has 0 fully saturated rings. The second-order valence-corrected chi connectivity index (χ2v) is 13.1. The van der Waals surface area contributed by atoms with Crippen molar-refractivity contribution >= 4 is 22.2 Å². The number of aryl methyl sites for hydroxylation is 2. The highest BCUT2D eigenvalue weighted by Gasteiger charge is 2.28. The number of hydrogen-bond donors (Lipinski definition) is 7. The van der Waals surface area contributed by atoms with E-state index in [0.29, 0.717) is 43.7 Å². The number of Topliss-reactive ketones (excluding diaryl/α,β-unsaturated/α-hetero) is 1. The van der Waals surface area contributed by atoms with Crippen LogP contribution >= 0.6 is 0 Å². The van der Waals surface area contributed by atoms with Crippen molar-refractivity contribution < 1.29 is 39.8 Å². The van der Waals surface area contributed by atoms with E-state index in [4.69, 9.17) is 9.47 Å². The zero-order chi connectivity index (χ0) is 35.8. The van der Waals surface area contributed by atoms with Crippen LogP contribution in [0.15, 0.2) is 90.3 Å². The third-order valence-corrected chi connectivity index (χ3v) is 8.74. The number of carbonyl (C=O) groups is 1. The van der Waals surface area contributed by atoms with Gasteiger partial charge in [0.1, 0.15) is 17.4 Å². The molecule has 1 aliphatic heterocycles. The minimum Gasteiger partial charge on any atom is -0.508 e. The molecule has 0 spiro atoms. The average Bonchev–Trinajstić information content (AvgIpc) is 3.10. The van der Waals surface area contributed by atoms with Crippen molar-refractivity contribution in [3.05, 3.63) is 101 Å². The van der Waals surface area contributed by atoms with Crippen LogP contribution in [0.3, 0.4) is 0 Å². The van der Waals surface area contributed by atoms with Crippen LogP contribution in [0, 0.1) is 11.8 Å². The lowest BCUT2D eigenvalue weighted by Crippen LogP contribution is -2.31. The predicted octanol–water partition coefficient (Wildman–Crippen LogP) is 6.69. The zero-order valence-electron chi connectivity index (χ0n) is 28.6. The van der Waals surface area contributed by atoms with E-state index in [1.54, 1.807) is 36.4 Å². The van der Waals surface area contributed by atoms with Gasteiger partial charge in [-0.25, -0.2) is 0 Å². The largest absolute Gasteiger partial charge is 0.508 e. The van der Waals surface area contributed by atoms with E-state index < -0.39 is 12.0 Å². The summed E-state index contributed by atoms with van der Waals surface area (Å²) in [5.74, 6) is 0.213. The van der Waals surface area contributed by atoms with Gasteiger partial charge in [0, 0.05) is 24.6 Å². The second kappa shape index (κ2) is 16.4. The van der Waals surface area contributed by atoms with Crippen molar-refractivity contribution in [1.82, 2.24) is 5.32 Å². The number of aliphatic hydroxyl groups is 1. The third-order valence-electron chi connectivity index (χ3n) is 8.74. The summed E-state index contributed by atoms with van der Waals surface area (Å²) in [5, 5.41) is 60.6. The number of allylic oxidation sites excluding steroid dienone is 2. The van der Waals surface area contributed by atoms with Crippen molar-refractivity contribution in [2.24, 2.45) is 11.8 Å². The van der Waals surface area contributed by atoms with Crippen LogP contribution in [-0.4, -0.2) is 57.7 Å². The van der Waals surface area contributed by atoms with Crippen LogP contribution in [0.25, 0.3) is 10.8 Å². The molecular weight excluding hydrogens is 636 g/mol. The van der Waals surface area contributed by atoms with Crippen molar-refractivity contribution in [2.45, 2.75) is 52.1 Å². The topological polar surface area (TPSA) is 161 Å². The summed E-state index contributed by atoms with van der Waals surface area (Å²) in [6.07, 6.45) is 4.46. The highest BCUT2D eigenvalue weighted by atomic mass is 16.5. The molecule has 5 rings (SSSR count). The Kier molecular flexibility index (Phi) is 11.8. The summed E-state index contributed by atoms with van der Waals surface area (Å²) in [7, 11) is 1.48. The summed E-state index contributed by atoms with van der Waals surface area (Å²) < 4.78 is 10.9. The number of fused-ring (bicyclic) bond motifs is 1. The van der Waals surface area contributed by atoms with E-state index in [0.717, 1.165) is 33.4 Å². The highest BCUT2D eigenvalue weighted by molar-refractivity contribution is 5.87. The number of phenolic OH excluding ortho intramolecular Hbond substituents is 4. The quantitative estimate of drug-likeness (QED) is 0.0635. The standard InChI is InChI=1S/C40H46N2O8/c1-24(2)23-50-38-19-26(17-36(47)40(38)48)6-12-34(45)32(33(44)11-4-25-5-13-35(46)37(18-25)49-3)16-27-14-15-41-39(20-27)42-30-9-7-29-22-31(43)10-8-28(29)21-30/h5,7-10,13-14,17-22,24,32-33,41-44,46-48H,4,6,11-12,15-16,23H2,1-3H3/t32-,33-/m1/s1. The van der Waals surface area contributed by atoms with Gasteiger partial charge < -0.3 is 45.6 Å². The van der Waals surface area contributed by atoms with Crippen molar-refractivity contribution in [2.75, 3.05) is 25.6 Å². The van der Waals surface area contributed by atoms with E-state index in [1.165, 1.54) is 13.2 Å². The number of nitrogens with one attached hydrogen (secondary N) is 2. The zero-order valence-corrected chi connectivity index (χ0v) is 28.6. The van der Waals surface area contributed by atoms with Crippen LogP contribution in [-0.2, 0) is 17.6 Å². The van der Waals surface area contributed by atoms with Gasteiger partial charge in [0.2, 0.25) is 5.75 Å². The first-order valence-corrected chi connectivity index (χ1v) is 16.9. The number of aromatic hydroxyl groups is 4. The average molecular weight is 683 g/mol. The molecule has 0 aliphatic carbocycles. The van der Waals surface area contributed by atoms with Crippen LogP contribution in [0.1, 0.15) is 44.2 Å². The van der Waals surface area contributed by atoms with Crippen LogP contribution < -0.4 is 20.1 Å². The van der Waals surface area contributed by atoms with E-state index in [2.05, 4.69) is 10.6 Å². The summed E-state index contributed by atoms with van der Waals surface area (Å²) >= 11 is 0. The first-order valence-electron chi connectivity index (χ1n) is 16.9. The highest BCUT2D eigenvalue weighted by Crippen LogP contribution is 2.37. The summed E-state index contributed by atoms with van der Waals surface area (Å²) in [6.45, 7) is 4.85. The number of ketones is 1. The third kappa shape index (κ3) is 9.41. The molecule has 0 saturated heterocycles. The Balaban J connectivity index is 1.32. The smallest absolute Gasteiger partial charge is 0.200 e. The van der Waals surface area contributed by atoms with Crippen molar-refractivity contribution in [3.63, 3.8) is 0 Å². The van der Waals surface area contributed by atoms with Gasteiger partial charge >= 0.3 is 0 Å².